The van der Waals surface area contributed by atoms with Gasteiger partial charge in [-0.25, -0.2) is 9.97 Å². The van der Waals surface area contributed by atoms with Crippen LogP contribution >= 0.6 is 0 Å². The van der Waals surface area contributed by atoms with Crippen molar-refractivity contribution in [1.29, 1.82) is 0 Å². The number of rotatable bonds is 4. The Hall–Kier alpha value is -1.69. The first-order valence-corrected chi connectivity index (χ1v) is 9.73. The lowest BCUT2D eigenvalue weighted by atomic mass is 10.2. The quantitative estimate of drug-likeness (QED) is 0.907. The Morgan fingerprint density at radius 2 is 1.76 bits per heavy atom. The largest absolute Gasteiger partial charge is 0.355 e. The Balaban J connectivity index is 1.64. The normalized spacial score (nSPS) is 24.1. The molecule has 3 aliphatic rings. The minimum absolute atomic E-state index is 0.0299. The SMILES string of the molecule is Cc1nc(C(=O)N(C2CCCC2)C2CC2)nc(N2CC[C@@H](N)C2)c1C. The molecule has 0 aromatic carbocycles. The summed E-state index contributed by atoms with van der Waals surface area (Å²) in [4.78, 5) is 26.9. The highest BCUT2D eigenvalue weighted by Crippen LogP contribution is 2.35. The standard InChI is InChI=1S/C19H29N5O/c1-12-13(2)21-17(22-18(12)23-10-9-14(20)11-23)19(25)24(16-7-8-16)15-5-3-4-6-15/h14-16H,3-11,20H2,1-2H3/t14-/m1/s1. The zero-order chi connectivity index (χ0) is 17.6. The molecule has 1 amide bonds. The Kier molecular flexibility index (Phi) is 4.40. The average Bonchev–Trinajstić information content (AvgIpc) is 3.08. The summed E-state index contributed by atoms with van der Waals surface area (Å²) in [7, 11) is 0. The maximum atomic E-state index is 13.3. The van der Waals surface area contributed by atoms with Crippen molar-refractivity contribution in [2.75, 3.05) is 18.0 Å². The van der Waals surface area contributed by atoms with Crippen LogP contribution in [-0.2, 0) is 0 Å². The molecule has 25 heavy (non-hydrogen) atoms. The van der Waals surface area contributed by atoms with Crippen molar-refractivity contribution in [2.45, 2.75) is 76.9 Å². The van der Waals surface area contributed by atoms with Gasteiger partial charge >= 0.3 is 0 Å². The van der Waals surface area contributed by atoms with E-state index in [-0.39, 0.29) is 11.9 Å². The number of nitrogens with two attached hydrogens (primary N) is 1. The van der Waals surface area contributed by atoms with E-state index in [2.05, 4.69) is 14.8 Å². The summed E-state index contributed by atoms with van der Waals surface area (Å²) < 4.78 is 0. The predicted molar refractivity (Wildman–Crippen MR) is 97.8 cm³/mol. The number of aromatic nitrogens is 2. The molecule has 6 heteroatoms. The van der Waals surface area contributed by atoms with Crippen LogP contribution in [0.4, 0.5) is 5.82 Å². The van der Waals surface area contributed by atoms with Gasteiger partial charge in [0.25, 0.3) is 5.91 Å². The highest BCUT2D eigenvalue weighted by atomic mass is 16.2. The molecule has 0 bridgehead atoms. The van der Waals surface area contributed by atoms with E-state index in [1.165, 1.54) is 12.8 Å². The molecule has 2 saturated carbocycles. The van der Waals surface area contributed by atoms with Gasteiger partial charge in [0, 0.05) is 42.5 Å². The second-order valence-corrected chi connectivity index (χ2v) is 7.96. The smallest absolute Gasteiger partial charge is 0.292 e. The van der Waals surface area contributed by atoms with Gasteiger partial charge < -0.3 is 15.5 Å². The lowest BCUT2D eigenvalue weighted by Crippen LogP contribution is -2.41. The number of carbonyl (C=O) groups excluding carboxylic acids is 1. The van der Waals surface area contributed by atoms with Crippen LogP contribution in [0.5, 0.6) is 0 Å². The number of hydrogen-bond acceptors (Lipinski definition) is 5. The van der Waals surface area contributed by atoms with Crippen molar-refractivity contribution in [3.05, 3.63) is 17.1 Å². The highest BCUT2D eigenvalue weighted by Gasteiger charge is 2.40. The van der Waals surface area contributed by atoms with E-state index in [0.29, 0.717) is 17.9 Å². The van der Waals surface area contributed by atoms with Gasteiger partial charge in [0.15, 0.2) is 0 Å². The minimum Gasteiger partial charge on any atom is -0.355 e. The van der Waals surface area contributed by atoms with Crippen LogP contribution in [0.1, 0.15) is 66.8 Å². The summed E-state index contributed by atoms with van der Waals surface area (Å²) in [6.07, 6.45) is 7.93. The molecule has 1 aromatic rings. The van der Waals surface area contributed by atoms with Gasteiger partial charge in [-0.2, -0.15) is 0 Å². The molecule has 0 unspecified atom stereocenters. The summed E-state index contributed by atoms with van der Waals surface area (Å²) >= 11 is 0. The fraction of sp³-hybridized carbons (Fsp3) is 0.737. The molecule has 2 aliphatic carbocycles. The van der Waals surface area contributed by atoms with Crippen molar-refractivity contribution in [2.24, 2.45) is 5.73 Å². The van der Waals surface area contributed by atoms with Crippen LogP contribution < -0.4 is 10.6 Å². The van der Waals surface area contributed by atoms with Crippen LogP contribution in [0.3, 0.4) is 0 Å². The molecule has 3 fully saturated rings. The van der Waals surface area contributed by atoms with Gasteiger partial charge in [-0.15, -0.1) is 0 Å². The maximum absolute atomic E-state index is 13.3. The second-order valence-electron chi connectivity index (χ2n) is 7.96. The Labute approximate surface area is 149 Å². The van der Waals surface area contributed by atoms with Gasteiger partial charge in [0.2, 0.25) is 5.82 Å². The van der Waals surface area contributed by atoms with Crippen molar-refractivity contribution in [3.63, 3.8) is 0 Å². The molecule has 6 nitrogen and oxygen atoms in total. The van der Waals surface area contributed by atoms with E-state index in [9.17, 15) is 4.79 Å². The topological polar surface area (TPSA) is 75.4 Å². The summed E-state index contributed by atoms with van der Waals surface area (Å²) in [6.45, 7) is 5.73. The number of carbonyl (C=O) groups is 1. The molecular weight excluding hydrogens is 314 g/mol. The fourth-order valence-electron chi connectivity index (χ4n) is 4.28. The summed E-state index contributed by atoms with van der Waals surface area (Å²) in [6, 6.07) is 0.980. The van der Waals surface area contributed by atoms with Crippen LogP contribution in [0.25, 0.3) is 0 Å². The summed E-state index contributed by atoms with van der Waals surface area (Å²) in [5.41, 5.74) is 8.03. The van der Waals surface area contributed by atoms with Crippen LogP contribution in [0.15, 0.2) is 0 Å². The molecule has 4 rings (SSSR count). The summed E-state index contributed by atoms with van der Waals surface area (Å²) in [5, 5.41) is 0. The number of anilines is 1. The first-order chi connectivity index (χ1) is 12.0. The van der Waals surface area contributed by atoms with E-state index in [0.717, 1.165) is 62.3 Å². The molecule has 2 N–H and O–H groups in total. The van der Waals surface area contributed by atoms with Crippen molar-refractivity contribution in [1.82, 2.24) is 14.9 Å². The van der Waals surface area contributed by atoms with Crippen LogP contribution in [-0.4, -0.2) is 52.0 Å². The first-order valence-electron chi connectivity index (χ1n) is 9.73. The molecule has 136 valence electrons. The van der Waals surface area contributed by atoms with Crippen LogP contribution in [0.2, 0.25) is 0 Å². The van der Waals surface area contributed by atoms with E-state index in [1.54, 1.807) is 0 Å². The molecule has 1 saturated heterocycles. The lowest BCUT2D eigenvalue weighted by Gasteiger charge is -2.29. The number of hydrogen-bond donors (Lipinski definition) is 1. The third-order valence-electron chi connectivity index (χ3n) is 5.97. The van der Waals surface area contributed by atoms with Crippen molar-refractivity contribution in [3.8, 4) is 0 Å². The molecule has 1 atom stereocenters. The van der Waals surface area contributed by atoms with E-state index in [1.807, 2.05) is 13.8 Å². The van der Waals surface area contributed by atoms with Gasteiger partial charge in [0.05, 0.1) is 0 Å². The van der Waals surface area contributed by atoms with E-state index < -0.39 is 0 Å². The van der Waals surface area contributed by atoms with Gasteiger partial charge in [-0.3, -0.25) is 4.79 Å². The Morgan fingerprint density at radius 3 is 2.36 bits per heavy atom. The average molecular weight is 343 g/mol. The lowest BCUT2D eigenvalue weighted by molar-refractivity contribution is 0.0651. The van der Waals surface area contributed by atoms with E-state index in [4.69, 9.17) is 10.7 Å². The number of nitrogens with zero attached hydrogens (tertiary/aromatic N) is 4. The van der Waals surface area contributed by atoms with Gasteiger partial charge in [-0.1, -0.05) is 12.8 Å². The highest BCUT2D eigenvalue weighted by molar-refractivity contribution is 5.91. The van der Waals surface area contributed by atoms with Gasteiger partial charge in [-0.05, 0) is 46.0 Å². The Morgan fingerprint density at radius 1 is 1.08 bits per heavy atom. The molecule has 1 aromatic heterocycles. The molecule has 0 radical (unpaired) electrons. The third-order valence-corrected chi connectivity index (χ3v) is 5.97. The zero-order valence-electron chi connectivity index (χ0n) is 15.4. The maximum Gasteiger partial charge on any atom is 0.292 e. The van der Waals surface area contributed by atoms with Crippen molar-refractivity contribution < 1.29 is 4.79 Å². The minimum atomic E-state index is 0.0299. The van der Waals surface area contributed by atoms with Crippen LogP contribution in [0, 0.1) is 13.8 Å². The summed E-state index contributed by atoms with van der Waals surface area (Å²) in [5.74, 6) is 1.30. The van der Waals surface area contributed by atoms with Gasteiger partial charge in [0.1, 0.15) is 5.82 Å². The Bertz CT molecular complexity index is 666. The zero-order valence-corrected chi connectivity index (χ0v) is 15.4. The predicted octanol–water partition coefficient (Wildman–Crippen LogP) is 2.18. The third kappa shape index (κ3) is 3.24. The fourth-order valence-corrected chi connectivity index (χ4v) is 4.28. The number of aryl methyl sites for hydroxylation is 1. The molecular formula is C19H29N5O. The second kappa shape index (κ2) is 6.56. The molecule has 2 heterocycles. The monoisotopic (exact) mass is 343 g/mol. The van der Waals surface area contributed by atoms with E-state index >= 15 is 0 Å². The molecule has 0 spiro atoms. The molecule has 1 aliphatic heterocycles. The number of amides is 1. The first kappa shape index (κ1) is 16.8. The van der Waals surface area contributed by atoms with Crippen molar-refractivity contribution >= 4 is 11.7 Å².